The molecule has 0 fully saturated rings. The molecule has 3 aromatic heterocycles. The molecule has 0 aromatic carbocycles. The Morgan fingerprint density at radius 1 is 1.12 bits per heavy atom. The molecule has 0 bridgehead atoms. The third-order valence-corrected chi connectivity index (χ3v) is 3.29. The average Bonchev–Trinajstić information content (AvgIpc) is 2.89. The molecule has 122 valence electrons. The van der Waals surface area contributed by atoms with Crippen LogP contribution in [0.15, 0.2) is 35.4 Å². The number of nitrogens with one attached hydrogen (secondary N) is 1. The highest BCUT2D eigenvalue weighted by atomic mass is 16.2. The molecule has 3 heterocycles. The number of carbonyl (C=O) groups is 1. The smallest absolute Gasteiger partial charge is 0.276 e. The highest BCUT2D eigenvalue weighted by molar-refractivity contribution is 6.02. The van der Waals surface area contributed by atoms with Crippen LogP contribution in [0.5, 0.6) is 0 Å². The van der Waals surface area contributed by atoms with Gasteiger partial charge in [0, 0.05) is 18.8 Å². The average molecular weight is 325 g/mol. The van der Waals surface area contributed by atoms with Crippen molar-refractivity contribution >= 4 is 11.6 Å². The Balaban J connectivity index is 1.78. The summed E-state index contributed by atoms with van der Waals surface area (Å²) in [6.45, 7) is 3.79. The predicted octanol–water partition coefficient (Wildman–Crippen LogP) is 0.625. The fourth-order valence-corrected chi connectivity index (χ4v) is 2.15. The third-order valence-electron chi connectivity index (χ3n) is 3.29. The lowest BCUT2D eigenvalue weighted by Crippen LogP contribution is -2.23. The minimum atomic E-state index is -0.451. The van der Waals surface area contributed by atoms with Crippen LogP contribution in [0, 0.1) is 13.8 Å². The molecule has 3 rings (SSSR count). The fourth-order valence-electron chi connectivity index (χ4n) is 2.15. The number of aryl methyl sites for hydroxylation is 3. The van der Waals surface area contributed by atoms with E-state index < -0.39 is 5.91 Å². The van der Waals surface area contributed by atoms with Crippen LogP contribution in [0.2, 0.25) is 0 Å². The van der Waals surface area contributed by atoms with Gasteiger partial charge in [-0.15, -0.1) is 0 Å². The van der Waals surface area contributed by atoms with Gasteiger partial charge in [0.15, 0.2) is 0 Å². The molecular formula is C15H15N7O2. The van der Waals surface area contributed by atoms with E-state index >= 15 is 0 Å². The summed E-state index contributed by atoms with van der Waals surface area (Å²) >= 11 is 0. The minimum Gasteiger partial charge on any atom is -0.318 e. The van der Waals surface area contributed by atoms with Crippen molar-refractivity contribution in [3.63, 3.8) is 0 Å². The molecule has 0 aliphatic rings. The topological polar surface area (TPSA) is 108 Å². The normalized spacial score (nSPS) is 10.6. The predicted molar refractivity (Wildman–Crippen MR) is 86.1 cm³/mol. The molecule has 0 saturated carbocycles. The van der Waals surface area contributed by atoms with E-state index in [-0.39, 0.29) is 11.3 Å². The van der Waals surface area contributed by atoms with E-state index in [1.807, 2.05) is 19.9 Å². The Hall–Kier alpha value is -3.36. The van der Waals surface area contributed by atoms with Crippen LogP contribution in [0.3, 0.4) is 0 Å². The molecule has 9 heteroatoms. The quantitative estimate of drug-likeness (QED) is 0.756. The highest BCUT2D eigenvalue weighted by Gasteiger charge is 2.11. The number of amides is 1. The zero-order chi connectivity index (χ0) is 17.3. The zero-order valence-corrected chi connectivity index (χ0v) is 13.4. The Morgan fingerprint density at radius 3 is 2.42 bits per heavy atom. The van der Waals surface area contributed by atoms with Crippen molar-refractivity contribution in [1.82, 2.24) is 29.5 Å². The fraction of sp³-hybridized carbons (Fsp3) is 0.200. The first-order chi connectivity index (χ1) is 11.4. The summed E-state index contributed by atoms with van der Waals surface area (Å²) in [5.74, 6) is -0.0353. The molecule has 9 nitrogen and oxygen atoms in total. The summed E-state index contributed by atoms with van der Waals surface area (Å²) in [5.41, 5.74) is 2.04. The van der Waals surface area contributed by atoms with Crippen LogP contribution >= 0.6 is 0 Å². The molecule has 0 spiro atoms. The molecule has 1 N–H and O–H groups in total. The highest BCUT2D eigenvalue weighted by Crippen LogP contribution is 2.10. The van der Waals surface area contributed by atoms with Crippen molar-refractivity contribution in [1.29, 1.82) is 0 Å². The summed E-state index contributed by atoms with van der Waals surface area (Å²) in [6, 6.07) is 4.57. The maximum absolute atomic E-state index is 12.1. The van der Waals surface area contributed by atoms with E-state index in [2.05, 4.69) is 25.5 Å². The van der Waals surface area contributed by atoms with Crippen LogP contribution in [-0.4, -0.2) is 35.4 Å². The number of anilines is 1. The van der Waals surface area contributed by atoms with Gasteiger partial charge in [0.2, 0.25) is 0 Å². The molecule has 0 unspecified atom stereocenters. The van der Waals surface area contributed by atoms with Crippen molar-refractivity contribution in [2.24, 2.45) is 7.05 Å². The van der Waals surface area contributed by atoms with Crippen LogP contribution in [-0.2, 0) is 7.05 Å². The standard InChI is InChI=1S/C15H15N7O2/c1-9-6-10(2)22(19-9)15-16-7-11(8-17-15)18-14(24)12-4-5-13(23)21(3)20-12/h4-8H,1-3H3,(H,18,24). The van der Waals surface area contributed by atoms with Gasteiger partial charge in [-0.2, -0.15) is 10.2 Å². The van der Waals surface area contributed by atoms with Crippen molar-refractivity contribution in [3.8, 4) is 5.95 Å². The van der Waals surface area contributed by atoms with Gasteiger partial charge in [0.05, 0.1) is 23.8 Å². The van der Waals surface area contributed by atoms with Gasteiger partial charge in [-0.05, 0) is 26.0 Å². The SMILES string of the molecule is Cc1cc(C)n(-c2ncc(NC(=O)c3ccc(=O)n(C)n3)cn2)n1. The second-order valence-corrected chi connectivity index (χ2v) is 5.25. The molecule has 0 saturated heterocycles. The number of aromatic nitrogens is 6. The second-order valence-electron chi connectivity index (χ2n) is 5.25. The number of hydrogen-bond donors (Lipinski definition) is 1. The van der Waals surface area contributed by atoms with E-state index in [1.54, 1.807) is 4.68 Å². The lowest BCUT2D eigenvalue weighted by atomic mass is 10.3. The number of carbonyl (C=O) groups excluding carboxylic acids is 1. The maximum atomic E-state index is 12.1. The van der Waals surface area contributed by atoms with E-state index in [9.17, 15) is 9.59 Å². The summed E-state index contributed by atoms with van der Waals surface area (Å²) in [4.78, 5) is 31.8. The lowest BCUT2D eigenvalue weighted by Gasteiger charge is -2.06. The lowest BCUT2D eigenvalue weighted by molar-refractivity contribution is 0.102. The van der Waals surface area contributed by atoms with Crippen LogP contribution in [0.25, 0.3) is 5.95 Å². The monoisotopic (exact) mass is 325 g/mol. The number of hydrogen-bond acceptors (Lipinski definition) is 6. The third kappa shape index (κ3) is 3.05. The van der Waals surface area contributed by atoms with Gasteiger partial charge in [-0.25, -0.2) is 19.3 Å². The molecule has 0 aliphatic heterocycles. The van der Waals surface area contributed by atoms with Crippen molar-refractivity contribution in [3.05, 3.63) is 58.0 Å². The van der Waals surface area contributed by atoms with Crippen LogP contribution in [0.4, 0.5) is 5.69 Å². The van der Waals surface area contributed by atoms with E-state index in [4.69, 9.17) is 0 Å². The van der Waals surface area contributed by atoms with E-state index in [1.165, 1.54) is 31.6 Å². The van der Waals surface area contributed by atoms with Gasteiger partial charge < -0.3 is 5.32 Å². The molecule has 0 radical (unpaired) electrons. The van der Waals surface area contributed by atoms with Gasteiger partial charge in [0.25, 0.3) is 17.4 Å². The second kappa shape index (κ2) is 6.03. The molecule has 0 atom stereocenters. The van der Waals surface area contributed by atoms with Crippen LogP contribution < -0.4 is 10.9 Å². The first-order valence-electron chi connectivity index (χ1n) is 7.15. The Kier molecular flexibility index (Phi) is 3.90. The van der Waals surface area contributed by atoms with Crippen LogP contribution in [0.1, 0.15) is 21.9 Å². The molecule has 24 heavy (non-hydrogen) atoms. The summed E-state index contributed by atoms with van der Waals surface area (Å²) < 4.78 is 2.72. The molecule has 0 aliphatic carbocycles. The number of nitrogens with zero attached hydrogens (tertiary/aromatic N) is 6. The van der Waals surface area contributed by atoms with E-state index in [0.717, 1.165) is 16.1 Å². The molecule has 3 aromatic rings. The Labute approximate surface area is 137 Å². The van der Waals surface area contributed by atoms with Crippen molar-refractivity contribution < 1.29 is 4.79 Å². The minimum absolute atomic E-state index is 0.125. The first kappa shape index (κ1) is 15.5. The van der Waals surface area contributed by atoms with E-state index in [0.29, 0.717) is 11.6 Å². The zero-order valence-electron chi connectivity index (χ0n) is 13.4. The van der Waals surface area contributed by atoms with Crippen molar-refractivity contribution in [2.45, 2.75) is 13.8 Å². The van der Waals surface area contributed by atoms with Gasteiger partial charge in [0.1, 0.15) is 5.69 Å². The van der Waals surface area contributed by atoms with Gasteiger partial charge in [-0.3, -0.25) is 9.59 Å². The molecular weight excluding hydrogens is 310 g/mol. The van der Waals surface area contributed by atoms with Gasteiger partial charge in [-0.1, -0.05) is 0 Å². The van der Waals surface area contributed by atoms with Crippen molar-refractivity contribution in [2.75, 3.05) is 5.32 Å². The van der Waals surface area contributed by atoms with Gasteiger partial charge >= 0.3 is 0 Å². The summed E-state index contributed by atoms with van der Waals surface area (Å²) in [5, 5.41) is 10.8. The largest absolute Gasteiger partial charge is 0.318 e. The Morgan fingerprint density at radius 2 is 1.83 bits per heavy atom. The Bertz CT molecular complexity index is 957. The number of rotatable bonds is 3. The first-order valence-corrected chi connectivity index (χ1v) is 7.15. The summed E-state index contributed by atoms with van der Waals surface area (Å²) in [6.07, 6.45) is 2.97. The summed E-state index contributed by atoms with van der Waals surface area (Å²) in [7, 11) is 1.48. The molecule has 1 amide bonds. The maximum Gasteiger partial charge on any atom is 0.276 e.